The number of fused-ring (bicyclic) bond motifs is 2. The summed E-state index contributed by atoms with van der Waals surface area (Å²) in [6.07, 6.45) is 1.45. The van der Waals surface area contributed by atoms with Gasteiger partial charge in [0.25, 0.3) is 0 Å². The predicted molar refractivity (Wildman–Crippen MR) is 55.8 cm³/mol. The molecule has 2 aliphatic heterocycles. The number of carbonyl (C=O) groups excluding carboxylic acids is 1. The number of hydrogen-bond acceptors (Lipinski definition) is 3. The smallest absolute Gasteiger partial charge is 0.322 e. The molecule has 3 nitrogen and oxygen atoms in total. The minimum atomic E-state index is -0.533. The highest BCUT2D eigenvalue weighted by Crippen LogP contribution is 2.45. The van der Waals surface area contributed by atoms with E-state index in [4.69, 9.17) is 4.74 Å². The van der Waals surface area contributed by atoms with E-state index in [9.17, 15) is 9.18 Å². The van der Waals surface area contributed by atoms with Crippen LogP contribution in [0.25, 0.3) is 0 Å². The van der Waals surface area contributed by atoms with E-state index in [0.717, 1.165) is 31.5 Å². The summed E-state index contributed by atoms with van der Waals surface area (Å²) >= 11 is 0. The molecule has 0 bridgehead atoms. The Morgan fingerprint density at radius 2 is 2.06 bits per heavy atom. The Kier molecular flexibility index (Phi) is 2.01. The number of ether oxygens (including phenoxy) is 1. The van der Waals surface area contributed by atoms with E-state index in [0.29, 0.717) is 5.75 Å². The minimum absolute atomic E-state index is 0.227. The van der Waals surface area contributed by atoms with Crippen molar-refractivity contribution in [1.29, 1.82) is 0 Å². The predicted octanol–water partition coefficient (Wildman–Crippen LogP) is 1.37. The molecule has 0 atom stereocenters. The monoisotopic (exact) mass is 221 g/mol. The summed E-state index contributed by atoms with van der Waals surface area (Å²) in [5.41, 5.74) is 0.314. The van der Waals surface area contributed by atoms with E-state index < -0.39 is 5.41 Å². The number of carbonyl (C=O) groups is 1. The summed E-state index contributed by atoms with van der Waals surface area (Å²) in [5.74, 6) is -0.195. The summed E-state index contributed by atoms with van der Waals surface area (Å²) in [6, 6.07) is 4.37. The topological polar surface area (TPSA) is 38.3 Å². The van der Waals surface area contributed by atoms with Crippen LogP contribution in [0.3, 0.4) is 0 Å². The van der Waals surface area contributed by atoms with Crippen molar-refractivity contribution < 1.29 is 13.9 Å². The van der Waals surface area contributed by atoms with Gasteiger partial charge in [0.2, 0.25) is 0 Å². The number of esters is 1. The molecule has 0 unspecified atom stereocenters. The highest BCUT2D eigenvalue weighted by molar-refractivity contribution is 5.90. The normalized spacial score (nSPS) is 21.9. The SMILES string of the molecule is O=C1Oc2cc(F)ccc2C12CCNCC2. The van der Waals surface area contributed by atoms with Crippen molar-refractivity contribution in [1.82, 2.24) is 5.32 Å². The van der Waals surface area contributed by atoms with Crippen molar-refractivity contribution in [3.8, 4) is 5.75 Å². The van der Waals surface area contributed by atoms with Crippen LogP contribution in [0.2, 0.25) is 0 Å². The van der Waals surface area contributed by atoms with Crippen molar-refractivity contribution in [2.24, 2.45) is 0 Å². The third-order valence-electron chi connectivity index (χ3n) is 3.51. The van der Waals surface area contributed by atoms with E-state index in [2.05, 4.69) is 5.32 Å². The lowest BCUT2D eigenvalue weighted by Gasteiger charge is -2.30. The highest BCUT2D eigenvalue weighted by Gasteiger charge is 2.49. The van der Waals surface area contributed by atoms with Gasteiger partial charge < -0.3 is 10.1 Å². The molecule has 84 valence electrons. The van der Waals surface area contributed by atoms with Crippen molar-refractivity contribution in [2.75, 3.05) is 13.1 Å². The molecule has 0 aliphatic carbocycles. The van der Waals surface area contributed by atoms with Crippen LogP contribution in [0.5, 0.6) is 5.75 Å². The average molecular weight is 221 g/mol. The summed E-state index contributed by atoms with van der Waals surface area (Å²) in [6.45, 7) is 1.60. The fraction of sp³-hybridized carbons (Fsp3) is 0.417. The molecule has 1 fully saturated rings. The van der Waals surface area contributed by atoms with Gasteiger partial charge in [-0.2, -0.15) is 0 Å². The van der Waals surface area contributed by atoms with Crippen LogP contribution >= 0.6 is 0 Å². The lowest BCUT2D eigenvalue weighted by Crippen LogP contribution is -2.44. The lowest BCUT2D eigenvalue weighted by atomic mass is 9.74. The Morgan fingerprint density at radius 3 is 2.81 bits per heavy atom. The van der Waals surface area contributed by atoms with E-state index in [-0.39, 0.29) is 11.8 Å². The second kappa shape index (κ2) is 3.28. The summed E-state index contributed by atoms with van der Waals surface area (Å²) in [5, 5.41) is 3.22. The van der Waals surface area contributed by atoms with Gasteiger partial charge in [-0.25, -0.2) is 4.39 Å². The molecule has 16 heavy (non-hydrogen) atoms. The molecule has 0 aromatic heterocycles. The standard InChI is InChI=1S/C12H12FNO2/c13-8-1-2-9-10(7-8)16-11(15)12(9)3-5-14-6-4-12/h1-2,7,14H,3-6H2. The van der Waals surface area contributed by atoms with E-state index in [1.165, 1.54) is 12.1 Å². The Labute approximate surface area is 92.6 Å². The fourth-order valence-corrected chi connectivity index (χ4v) is 2.61. The zero-order valence-corrected chi connectivity index (χ0v) is 8.75. The molecule has 2 heterocycles. The van der Waals surface area contributed by atoms with Crippen LogP contribution in [0, 0.1) is 5.82 Å². The highest BCUT2D eigenvalue weighted by atomic mass is 19.1. The Balaban J connectivity index is 2.11. The molecule has 2 aliphatic rings. The van der Waals surface area contributed by atoms with Gasteiger partial charge in [0.1, 0.15) is 11.6 Å². The van der Waals surface area contributed by atoms with Gasteiger partial charge in [0, 0.05) is 11.6 Å². The van der Waals surface area contributed by atoms with Gasteiger partial charge in [-0.1, -0.05) is 6.07 Å². The quantitative estimate of drug-likeness (QED) is 0.531. The number of halogens is 1. The first-order chi connectivity index (χ1) is 7.72. The Morgan fingerprint density at radius 1 is 1.31 bits per heavy atom. The second-order valence-corrected chi connectivity index (χ2v) is 4.36. The first-order valence-corrected chi connectivity index (χ1v) is 5.45. The molecule has 1 spiro atoms. The van der Waals surface area contributed by atoms with E-state index in [1.54, 1.807) is 6.07 Å². The maximum atomic E-state index is 13.0. The largest absolute Gasteiger partial charge is 0.425 e. The number of nitrogens with one attached hydrogen (secondary N) is 1. The van der Waals surface area contributed by atoms with Crippen molar-refractivity contribution in [3.05, 3.63) is 29.6 Å². The van der Waals surface area contributed by atoms with Crippen molar-refractivity contribution in [2.45, 2.75) is 18.3 Å². The molecule has 0 amide bonds. The molecule has 4 heteroatoms. The van der Waals surface area contributed by atoms with E-state index >= 15 is 0 Å². The molecule has 1 aromatic rings. The van der Waals surface area contributed by atoms with Crippen LogP contribution in [-0.4, -0.2) is 19.1 Å². The third-order valence-corrected chi connectivity index (χ3v) is 3.51. The fourth-order valence-electron chi connectivity index (χ4n) is 2.61. The van der Waals surface area contributed by atoms with Gasteiger partial charge >= 0.3 is 5.97 Å². The maximum Gasteiger partial charge on any atom is 0.322 e. The van der Waals surface area contributed by atoms with Crippen molar-refractivity contribution in [3.63, 3.8) is 0 Å². The van der Waals surface area contributed by atoms with Crippen LogP contribution in [0.1, 0.15) is 18.4 Å². The van der Waals surface area contributed by atoms with Gasteiger partial charge in [-0.05, 0) is 32.0 Å². The van der Waals surface area contributed by atoms with Gasteiger partial charge in [-0.3, -0.25) is 4.79 Å². The number of benzene rings is 1. The summed E-state index contributed by atoms with van der Waals surface area (Å²) in [7, 11) is 0. The summed E-state index contributed by atoms with van der Waals surface area (Å²) in [4.78, 5) is 11.9. The van der Waals surface area contributed by atoms with Crippen LogP contribution in [0.4, 0.5) is 4.39 Å². The van der Waals surface area contributed by atoms with Gasteiger partial charge in [-0.15, -0.1) is 0 Å². The Hall–Kier alpha value is -1.42. The zero-order chi connectivity index (χ0) is 11.2. The van der Waals surface area contributed by atoms with Crippen LogP contribution < -0.4 is 10.1 Å². The molecular formula is C12H12FNO2. The van der Waals surface area contributed by atoms with Crippen LogP contribution in [0.15, 0.2) is 18.2 Å². The molecule has 1 saturated heterocycles. The first kappa shape index (κ1) is 9.78. The zero-order valence-electron chi connectivity index (χ0n) is 8.75. The summed E-state index contributed by atoms with van der Waals surface area (Å²) < 4.78 is 18.2. The second-order valence-electron chi connectivity index (χ2n) is 4.36. The molecule has 0 saturated carbocycles. The van der Waals surface area contributed by atoms with Gasteiger partial charge in [0.15, 0.2) is 0 Å². The molecule has 3 rings (SSSR count). The van der Waals surface area contributed by atoms with E-state index in [1.807, 2.05) is 0 Å². The van der Waals surface area contributed by atoms with Gasteiger partial charge in [0.05, 0.1) is 5.41 Å². The molecule has 1 aromatic carbocycles. The minimum Gasteiger partial charge on any atom is -0.425 e. The number of piperidine rings is 1. The maximum absolute atomic E-state index is 13.0. The Bertz CT molecular complexity index is 452. The molecule has 0 radical (unpaired) electrons. The molecule has 1 N–H and O–H groups in total. The number of hydrogen-bond donors (Lipinski definition) is 1. The average Bonchev–Trinajstić information content (AvgIpc) is 2.53. The van der Waals surface area contributed by atoms with Crippen molar-refractivity contribution >= 4 is 5.97 Å². The molecular weight excluding hydrogens is 209 g/mol. The third kappa shape index (κ3) is 1.19. The lowest BCUT2D eigenvalue weighted by molar-refractivity contribution is -0.139. The number of rotatable bonds is 0. The van der Waals surface area contributed by atoms with Crippen LogP contribution in [-0.2, 0) is 10.2 Å². The first-order valence-electron chi connectivity index (χ1n) is 5.45.